The Hall–Kier alpha value is -1.61. The quantitative estimate of drug-likeness (QED) is 0.767. The fraction of sp³-hybridized carbons (Fsp3) is 0.182. The number of hydrogen-bond donors (Lipinski definition) is 2. The first-order valence-electron chi connectivity index (χ1n) is 4.68. The first kappa shape index (κ1) is 8.97. The van der Waals surface area contributed by atoms with E-state index in [-0.39, 0.29) is 0 Å². The number of fused-ring (bicyclic) bond motifs is 1. The van der Waals surface area contributed by atoms with Crippen LogP contribution in [0.1, 0.15) is 0 Å². The van der Waals surface area contributed by atoms with Crippen molar-refractivity contribution >= 4 is 16.5 Å². The van der Waals surface area contributed by atoms with Crippen molar-refractivity contribution in [3.63, 3.8) is 0 Å². The van der Waals surface area contributed by atoms with Crippen molar-refractivity contribution in [2.24, 2.45) is 5.73 Å². The van der Waals surface area contributed by atoms with Crippen molar-refractivity contribution in [3.05, 3.63) is 36.7 Å². The first-order valence-corrected chi connectivity index (χ1v) is 4.68. The third kappa shape index (κ3) is 1.67. The third-order valence-corrected chi connectivity index (χ3v) is 2.14. The molecule has 0 aliphatic heterocycles. The zero-order valence-electron chi connectivity index (χ0n) is 7.90. The number of aromatic nitrogens is 1. The van der Waals surface area contributed by atoms with Gasteiger partial charge in [0.15, 0.2) is 0 Å². The molecule has 0 fully saturated rings. The Bertz CT molecular complexity index is 420. The van der Waals surface area contributed by atoms with E-state index in [2.05, 4.69) is 16.4 Å². The number of anilines is 1. The van der Waals surface area contributed by atoms with Crippen LogP contribution >= 0.6 is 0 Å². The number of hydrogen-bond acceptors (Lipinski definition) is 3. The van der Waals surface area contributed by atoms with Crippen molar-refractivity contribution in [3.8, 4) is 0 Å². The standard InChI is InChI=1S/C11H13N3/c12-5-7-14-11-3-1-2-9-4-6-13-8-10(9)11/h1-4,6,8,14H,5,7,12H2. The lowest BCUT2D eigenvalue weighted by Crippen LogP contribution is -2.13. The van der Waals surface area contributed by atoms with Crippen LogP contribution in [-0.2, 0) is 0 Å². The fourth-order valence-corrected chi connectivity index (χ4v) is 1.47. The van der Waals surface area contributed by atoms with E-state index in [1.54, 1.807) is 6.20 Å². The minimum atomic E-state index is 0.636. The normalized spacial score (nSPS) is 10.4. The van der Waals surface area contributed by atoms with E-state index >= 15 is 0 Å². The van der Waals surface area contributed by atoms with Crippen LogP contribution in [-0.4, -0.2) is 18.1 Å². The van der Waals surface area contributed by atoms with Crippen LogP contribution in [0.3, 0.4) is 0 Å². The molecular weight excluding hydrogens is 174 g/mol. The van der Waals surface area contributed by atoms with Gasteiger partial charge in [0.25, 0.3) is 0 Å². The van der Waals surface area contributed by atoms with E-state index < -0.39 is 0 Å². The smallest absolute Gasteiger partial charge is 0.0435 e. The van der Waals surface area contributed by atoms with E-state index in [1.807, 2.05) is 24.4 Å². The molecule has 0 unspecified atom stereocenters. The third-order valence-electron chi connectivity index (χ3n) is 2.14. The van der Waals surface area contributed by atoms with Gasteiger partial charge in [0.05, 0.1) is 0 Å². The minimum Gasteiger partial charge on any atom is -0.383 e. The second-order valence-corrected chi connectivity index (χ2v) is 3.12. The zero-order valence-corrected chi connectivity index (χ0v) is 7.90. The average molecular weight is 187 g/mol. The molecule has 72 valence electrons. The molecule has 0 amide bonds. The summed E-state index contributed by atoms with van der Waals surface area (Å²) in [6, 6.07) is 8.15. The van der Waals surface area contributed by atoms with Crippen molar-refractivity contribution in [1.29, 1.82) is 0 Å². The summed E-state index contributed by atoms with van der Waals surface area (Å²) in [7, 11) is 0. The molecule has 0 aliphatic carbocycles. The summed E-state index contributed by atoms with van der Waals surface area (Å²) in [5, 5.41) is 5.61. The molecule has 3 heteroatoms. The molecule has 0 atom stereocenters. The van der Waals surface area contributed by atoms with Crippen molar-refractivity contribution in [1.82, 2.24) is 4.98 Å². The first-order chi connectivity index (χ1) is 6.92. The van der Waals surface area contributed by atoms with Gasteiger partial charge in [0, 0.05) is 36.6 Å². The van der Waals surface area contributed by atoms with E-state index in [9.17, 15) is 0 Å². The van der Waals surface area contributed by atoms with Gasteiger partial charge >= 0.3 is 0 Å². The maximum atomic E-state index is 5.44. The Labute approximate surface area is 83.0 Å². The molecule has 14 heavy (non-hydrogen) atoms. The summed E-state index contributed by atoms with van der Waals surface area (Å²) in [5.74, 6) is 0. The molecule has 0 bridgehead atoms. The van der Waals surface area contributed by atoms with E-state index in [1.165, 1.54) is 5.39 Å². The topological polar surface area (TPSA) is 50.9 Å². The van der Waals surface area contributed by atoms with Crippen molar-refractivity contribution in [2.45, 2.75) is 0 Å². The Balaban J connectivity index is 2.43. The van der Waals surface area contributed by atoms with Gasteiger partial charge in [-0.15, -0.1) is 0 Å². The molecule has 2 rings (SSSR count). The van der Waals surface area contributed by atoms with Gasteiger partial charge < -0.3 is 11.1 Å². The van der Waals surface area contributed by atoms with Crippen LogP contribution in [0.5, 0.6) is 0 Å². The Morgan fingerprint density at radius 2 is 2.21 bits per heavy atom. The average Bonchev–Trinajstić information content (AvgIpc) is 2.26. The highest BCUT2D eigenvalue weighted by molar-refractivity contribution is 5.92. The lowest BCUT2D eigenvalue weighted by molar-refractivity contribution is 1.03. The molecule has 2 aromatic rings. The van der Waals surface area contributed by atoms with Gasteiger partial charge in [-0.2, -0.15) is 0 Å². The molecule has 0 saturated carbocycles. The molecule has 3 N–H and O–H groups in total. The number of nitrogens with one attached hydrogen (secondary N) is 1. The van der Waals surface area contributed by atoms with Crippen LogP contribution in [0, 0.1) is 0 Å². The largest absolute Gasteiger partial charge is 0.383 e. The van der Waals surface area contributed by atoms with Crippen LogP contribution < -0.4 is 11.1 Å². The molecule has 0 radical (unpaired) electrons. The monoisotopic (exact) mass is 187 g/mol. The molecular formula is C11H13N3. The number of pyridine rings is 1. The van der Waals surface area contributed by atoms with E-state index in [0.717, 1.165) is 17.6 Å². The minimum absolute atomic E-state index is 0.636. The van der Waals surface area contributed by atoms with Crippen LogP contribution in [0.25, 0.3) is 10.8 Å². The SMILES string of the molecule is NCCNc1cccc2ccncc12. The Morgan fingerprint density at radius 1 is 1.29 bits per heavy atom. The Kier molecular flexibility index (Phi) is 2.60. The molecule has 1 aromatic carbocycles. The number of rotatable bonds is 3. The van der Waals surface area contributed by atoms with Crippen LogP contribution in [0.15, 0.2) is 36.7 Å². The molecule has 3 nitrogen and oxygen atoms in total. The maximum Gasteiger partial charge on any atom is 0.0435 e. The second-order valence-electron chi connectivity index (χ2n) is 3.12. The van der Waals surface area contributed by atoms with Gasteiger partial charge in [0.1, 0.15) is 0 Å². The van der Waals surface area contributed by atoms with Gasteiger partial charge in [-0.25, -0.2) is 0 Å². The lowest BCUT2D eigenvalue weighted by Gasteiger charge is -2.07. The van der Waals surface area contributed by atoms with E-state index in [4.69, 9.17) is 5.73 Å². The second kappa shape index (κ2) is 4.07. The molecule has 1 heterocycles. The van der Waals surface area contributed by atoms with Crippen LogP contribution in [0.2, 0.25) is 0 Å². The number of benzene rings is 1. The highest BCUT2D eigenvalue weighted by Gasteiger charge is 1.98. The highest BCUT2D eigenvalue weighted by atomic mass is 14.9. The molecule has 0 saturated heterocycles. The molecule has 1 aromatic heterocycles. The summed E-state index contributed by atoms with van der Waals surface area (Å²) in [5.41, 5.74) is 6.54. The Morgan fingerprint density at radius 3 is 3.07 bits per heavy atom. The summed E-state index contributed by atoms with van der Waals surface area (Å²) < 4.78 is 0. The lowest BCUT2D eigenvalue weighted by atomic mass is 10.1. The predicted octanol–water partition coefficient (Wildman–Crippen LogP) is 1.61. The van der Waals surface area contributed by atoms with Gasteiger partial charge in [-0.1, -0.05) is 12.1 Å². The molecule has 0 spiro atoms. The summed E-state index contributed by atoms with van der Waals surface area (Å²) in [4.78, 5) is 4.11. The van der Waals surface area contributed by atoms with Gasteiger partial charge in [-0.05, 0) is 17.5 Å². The van der Waals surface area contributed by atoms with Gasteiger partial charge in [0.2, 0.25) is 0 Å². The number of nitrogens with two attached hydrogens (primary N) is 1. The molecule has 0 aliphatic rings. The highest BCUT2D eigenvalue weighted by Crippen LogP contribution is 2.21. The van der Waals surface area contributed by atoms with Crippen molar-refractivity contribution < 1.29 is 0 Å². The predicted molar refractivity (Wildman–Crippen MR) is 59.3 cm³/mol. The van der Waals surface area contributed by atoms with Crippen LogP contribution in [0.4, 0.5) is 5.69 Å². The fourth-order valence-electron chi connectivity index (χ4n) is 1.47. The van der Waals surface area contributed by atoms with Crippen molar-refractivity contribution in [2.75, 3.05) is 18.4 Å². The number of nitrogens with zero attached hydrogens (tertiary/aromatic N) is 1. The summed E-state index contributed by atoms with van der Waals surface area (Å²) >= 11 is 0. The van der Waals surface area contributed by atoms with Gasteiger partial charge in [-0.3, -0.25) is 4.98 Å². The summed E-state index contributed by atoms with van der Waals surface area (Å²) in [6.45, 7) is 1.42. The maximum absolute atomic E-state index is 5.44. The van der Waals surface area contributed by atoms with E-state index in [0.29, 0.717) is 6.54 Å². The zero-order chi connectivity index (χ0) is 9.80. The summed E-state index contributed by atoms with van der Waals surface area (Å²) in [6.07, 6.45) is 3.67.